The van der Waals surface area contributed by atoms with Gasteiger partial charge in [0.1, 0.15) is 0 Å². The molecule has 4 heteroatoms. The average molecular weight is 366 g/mol. The smallest absolute Gasteiger partial charge is 0.0642 e. The van der Waals surface area contributed by atoms with Crippen molar-refractivity contribution in [2.45, 2.75) is 32.9 Å². The van der Waals surface area contributed by atoms with E-state index in [1.54, 1.807) is 0 Å². The summed E-state index contributed by atoms with van der Waals surface area (Å²) < 4.78 is 5.54. The third kappa shape index (κ3) is 3.51. The predicted molar refractivity (Wildman–Crippen MR) is 114 cm³/mol. The number of fused-ring (bicyclic) bond motifs is 1. The van der Waals surface area contributed by atoms with E-state index in [1.165, 1.54) is 22.6 Å². The topological polar surface area (TPSA) is 27.7 Å². The molecule has 1 fully saturated rings. The number of benzene rings is 2. The Labute approximate surface area is 163 Å². The zero-order chi connectivity index (χ0) is 18.8. The van der Waals surface area contributed by atoms with Gasteiger partial charge in [0.05, 0.1) is 19.3 Å². The van der Waals surface area contributed by atoms with Gasteiger partial charge in [0.2, 0.25) is 0 Å². The number of rotatable bonds is 4. The molecule has 2 aromatic carbocycles. The van der Waals surface area contributed by atoms with Crippen molar-refractivity contribution in [2.75, 3.05) is 48.0 Å². The van der Waals surface area contributed by atoms with Crippen LogP contribution in [0, 0.1) is 5.92 Å². The fourth-order valence-corrected chi connectivity index (χ4v) is 4.52. The van der Waals surface area contributed by atoms with E-state index >= 15 is 0 Å². The number of anilines is 3. The minimum atomic E-state index is 0.307. The maximum absolute atomic E-state index is 5.54. The molecule has 0 aliphatic carbocycles. The van der Waals surface area contributed by atoms with Crippen LogP contribution in [0.15, 0.2) is 48.5 Å². The normalized spacial score (nSPS) is 25.2. The predicted octanol–water partition coefficient (Wildman–Crippen LogP) is 4.54. The summed E-state index contributed by atoms with van der Waals surface area (Å²) in [5.41, 5.74) is 5.28. The Morgan fingerprint density at radius 2 is 1.78 bits per heavy atom. The molecule has 0 amide bonds. The van der Waals surface area contributed by atoms with E-state index in [9.17, 15) is 0 Å². The Bertz CT molecular complexity index is 757. The monoisotopic (exact) mass is 365 g/mol. The van der Waals surface area contributed by atoms with E-state index in [0.29, 0.717) is 18.0 Å². The van der Waals surface area contributed by atoms with Crippen molar-refractivity contribution in [3.05, 3.63) is 54.1 Å². The molecule has 0 unspecified atom stereocenters. The SMILES string of the molecule is CCN1c2ccc(N3CCOCC3)cc2[C@H](Nc2ccccc2)[C@@H](C)[C@@H]1C. The Kier molecular flexibility index (Phi) is 5.26. The number of ether oxygens (including phenoxy) is 1. The third-order valence-corrected chi connectivity index (χ3v) is 6.25. The summed E-state index contributed by atoms with van der Waals surface area (Å²) >= 11 is 0. The van der Waals surface area contributed by atoms with Crippen LogP contribution < -0.4 is 15.1 Å². The Morgan fingerprint density at radius 3 is 2.48 bits per heavy atom. The van der Waals surface area contributed by atoms with Crippen molar-refractivity contribution in [3.63, 3.8) is 0 Å². The molecule has 0 saturated carbocycles. The van der Waals surface area contributed by atoms with Crippen molar-refractivity contribution >= 4 is 17.1 Å². The van der Waals surface area contributed by atoms with Gasteiger partial charge in [-0.2, -0.15) is 0 Å². The fraction of sp³-hybridized carbons (Fsp3) is 0.478. The molecular weight excluding hydrogens is 334 g/mol. The molecule has 0 aromatic heterocycles. The summed E-state index contributed by atoms with van der Waals surface area (Å²) in [5, 5.41) is 3.82. The zero-order valence-corrected chi connectivity index (χ0v) is 16.7. The van der Waals surface area contributed by atoms with Crippen molar-refractivity contribution < 1.29 is 4.74 Å². The summed E-state index contributed by atoms with van der Waals surface area (Å²) in [6.45, 7) is 11.6. The second-order valence-corrected chi connectivity index (χ2v) is 7.72. The third-order valence-electron chi connectivity index (χ3n) is 6.25. The minimum absolute atomic E-state index is 0.307. The molecule has 4 nitrogen and oxygen atoms in total. The van der Waals surface area contributed by atoms with E-state index in [-0.39, 0.29) is 0 Å². The molecule has 4 rings (SSSR count). The van der Waals surface area contributed by atoms with Crippen LogP contribution in [0.3, 0.4) is 0 Å². The minimum Gasteiger partial charge on any atom is -0.378 e. The summed E-state index contributed by atoms with van der Waals surface area (Å²) in [6.07, 6.45) is 0. The molecule has 2 aliphatic rings. The molecular formula is C23H31N3O. The van der Waals surface area contributed by atoms with Crippen LogP contribution in [0.5, 0.6) is 0 Å². The van der Waals surface area contributed by atoms with Gasteiger partial charge in [-0.15, -0.1) is 0 Å². The van der Waals surface area contributed by atoms with E-state index in [2.05, 4.69) is 84.4 Å². The Morgan fingerprint density at radius 1 is 1.04 bits per heavy atom. The van der Waals surface area contributed by atoms with Crippen molar-refractivity contribution in [3.8, 4) is 0 Å². The largest absolute Gasteiger partial charge is 0.378 e. The second-order valence-electron chi connectivity index (χ2n) is 7.72. The molecule has 144 valence electrons. The average Bonchev–Trinajstić information content (AvgIpc) is 2.73. The van der Waals surface area contributed by atoms with Crippen molar-refractivity contribution in [1.82, 2.24) is 0 Å². The Hall–Kier alpha value is -2.20. The van der Waals surface area contributed by atoms with Gasteiger partial charge in [-0.05, 0) is 44.2 Å². The molecule has 1 saturated heterocycles. The van der Waals surface area contributed by atoms with Crippen molar-refractivity contribution in [2.24, 2.45) is 5.92 Å². The highest BCUT2D eigenvalue weighted by atomic mass is 16.5. The molecule has 1 N–H and O–H groups in total. The van der Waals surface area contributed by atoms with E-state index in [4.69, 9.17) is 4.74 Å². The molecule has 0 spiro atoms. The molecule has 3 atom stereocenters. The summed E-state index contributed by atoms with van der Waals surface area (Å²) in [7, 11) is 0. The van der Waals surface area contributed by atoms with Crippen LogP contribution in [0.1, 0.15) is 32.4 Å². The number of hydrogen-bond acceptors (Lipinski definition) is 4. The molecule has 0 bridgehead atoms. The standard InChI is InChI=1S/C23H31N3O/c1-4-26-18(3)17(2)23(24-19-8-6-5-7-9-19)21-16-20(10-11-22(21)26)25-12-14-27-15-13-25/h5-11,16-18,23-24H,4,12-15H2,1-3H3/t17-,18-,23+/m0/s1. The van der Waals surface area contributed by atoms with Crippen LogP contribution >= 0.6 is 0 Å². The fourth-order valence-electron chi connectivity index (χ4n) is 4.52. The van der Waals surface area contributed by atoms with Gasteiger partial charge in [-0.25, -0.2) is 0 Å². The molecule has 2 heterocycles. The Balaban J connectivity index is 1.73. The lowest BCUT2D eigenvalue weighted by molar-refractivity contribution is 0.122. The van der Waals surface area contributed by atoms with E-state index in [0.717, 1.165) is 32.8 Å². The summed E-state index contributed by atoms with van der Waals surface area (Å²) in [4.78, 5) is 4.99. The van der Waals surface area contributed by atoms with Gasteiger partial charge in [-0.3, -0.25) is 0 Å². The van der Waals surface area contributed by atoms with Gasteiger partial charge >= 0.3 is 0 Å². The lowest BCUT2D eigenvalue weighted by atomic mass is 9.82. The highest BCUT2D eigenvalue weighted by Crippen LogP contribution is 2.43. The lowest BCUT2D eigenvalue weighted by Crippen LogP contribution is -2.46. The van der Waals surface area contributed by atoms with E-state index < -0.39 is 0 Å². The number of hydrogen-bond donors (Lipinski definition) is 1. The van der Waals surface area contributed by atoms with E-state index in [1.807, 2.05) is 0 Å². The van der Waals surface area contributed by atoms with Crippen LogP contribution in [-0.2, 0) is 4.74 Å². The van der Waals surface area contributed by atoms with Crippen LogP contribution in [0.4, 0.5) is 17.1 Å². The van der Waals surface area contributed by atoms with Crippen LogP contribution in [-0.4, -0.2) is 38.9 Å². The van der Waals surface area contributed by atoms with Crippen LogP contribution in [0.2, 0.25) is 0 Å². The van der Waals surface area contributed by atoms with Gasteiger partial charge in [-0.1, -0.05) is 25.1 Å². The highest BCUT2D eigenvalue weighted by molar-refractivity contribution is 5.67. The quantitative estimate of drug-likeness (QED) is 0.861. The maximum Gasteiger partial charge on any atom is 0.0642 e. The summed E-state index contributed by atoms with van der Waals surface area (Å²) in [6, 6.07) is 18.4. The number of para-hydroxylation sites is 1. The first-order valence-corrected chi connectivity index (χ1v) is 10.2. The summed E-state index contributed by atoms with van der Waals surface area (Å²) in [5.74, 6) is 0.512. The van der Waals surface area contributed by atoms with Gasteiger partial charge in [0.25, 0.3) is 0 Å². The van der Waals surface area contributed by atoms with Gasteiger partial charge < -0.3 is 19.9 Å². The second kappa shape index (κ2) is 7.81. The molecule has 2 aliphatic heterocycles. The molecule has 2 aromatic rings. The number of nitrogens with one attached hydrogen (secondary N) is 1. The van der Waals surface area contributed by atoms with Gasteiger partial charge in [0.15, 0.2) is 0 Å². The first-order chi connectivity index (χ1) is 13.2. The lowest BCUT2D eigenvalue weighted by Gasteiger charge is -2.46. The highest BCUT2D eigenvalue weighted by Gasteiger charge is 2.36. The number of nitrogens with zero attached hydrogens (tertiary/aromatic N) is 2. The van der Waals surface area contributed by atoms with Crippen LogP contribution in [0.25, 0.3) is 0 Å². The maximum atomic E-state index is 5.54. The first-order valence-electron chi connectivity index (χ1n) is 10.2. The zero-order valence-electron chi connectivity index (χ0n) is 16.7. The molecule has 0 radical (unpaired) electrons. The first kappa shape index (κ1) is 18.2. The molecule has 27 heavy (non-hydrogen) atoms. The number of morpholine rings is 1. The van der Waals surface area contributed by atoms with Gasteiger partial charge in [0, 0.05) is 54.2 Å². The van der Waals surface area contributed by atoms with Crippen molar-refractivity contribution in [1.29, 1.82) is 0 Å².